The van der Waals surface area contributed by atoms with Gasteiger partial charge in [-0.3, -0.25) is 9.69 Å². The van der Waals surface area contributed by atoms with Crippen molar-refractivity contribution >= 4 is 5.91 Å². The molecule has 120 valence electrons. The maximum atomic E-state index is 14.3. The van der Waals surface area contributed by atoms with E-state index in [4.69, 9.17) is 0 Å². The molecule has 3 aliphatic heterocycles. The molecule has 1 aromatic carbocycles. The van der Waals surface area contributed by atoms with E-state index < -0.39 is 0 Å². The summed E-state index contributed by atoms with van der Waals surface area (Å²) in [6.45, 7) is 7.63. The zero-order valence-electron chi connectivity index (χ0n) is 13.9. The molecule has 0 aromatic heterocycles. The summed E-state index contributed by atoms with van der Waals surface area (Å²) in [7, 11) is 2.12. The van der Waals surface area contributed by atoms with Crippen LogP contribution in [0.5, 0.6) is 0 Å². The molecule has 0 N–H and O–H groups in total. The van der Waals surface area contributed by atoms with E-state index in [2.05, 4.69) is 11.9 Å². The van der Waals surface area contributed by atoms with Crippen LogP contribution in [0, 0.1) is 5.82 Å². The molecule has 0 spiro atoms. The van der Waals surface area contributed by atoms with Crippen molar-refractivity contribution in [2.45, 2.75) is 51.1 Å². The van der Waals surface area contributed by atoms with Gasteiger partial charge >= 0.3 is 0 Å². The average Bonchev–Trinajstić information content (AvgIpc) is 2.45. The van der Waals surface area contributed by atoms with Gasteiger partial charge in [-0.05, 0) is 43.0 Å². The molecule has 4 heteroatoms. The fraction of sp³-hybridized carbons (Fsp3) is 0.611. The van der Waals surface area contributed by atoms with E-state index in [-0.39, 0.29) is 23.2 Å². The fourth-order valence-corrected chi connectivity index (χ4v) is 3.71. The summed E-state index contributed by atoms with van der Waals surface area (Å²) in [5, 5.41) is 0. The Kier molecular flexibility index (Phi) is 3.76. The third kappa shape index (κ3) is 2.65. The first-order valence-electron chi connectivity index (χ1n) is 8.08. The molecule has 1 aromatic rings. The second-order valence-electron chi connectivity index (χ2n) is 7.73. The lowest BCUT2D eigenvalue weighted by molar-refractivity contribution is -0.000117. The molecule has 1 amide bonds. The summed E-state index contributed by atoms with van der Waals surface area (Å²) in [6.07, 6.45) is 2.21. The molecule has 3 heterocycles. The molecular formula is C18H25FN2O. The molecule has 0 unspecified atom stereocenters. The third-order valence-corrected chi connectivity index (χ3v) is 5.09. The van der Waals surface area contributed by atoms with Crippen LogP contribution in [0.4, 0.5) is 4.39 Å². The molecule has 22 heavy (non-hydrogen) atoms. The van der Waals surface area contributed by atoms with E-state index in [1.165, 1.54) is 6.07 Å². The first-order chi connectivity index (χ1) is 10.3. The number of benzene rings is 1. The highest BCUT2D eigenvalue weighted by Crippen LogP contribution is 2.30. The van der Waals surface area contributed by atoms with Gasteiger partial charge < -0.3 is 4.90 Å². The van der Waals surface area contributed by atoms with Crippen molar-refractivity contribution in [3.8, 4) is 0 Å². The van der Waals surface area contributed by atoms with Crippen molar-refractivity contribution in [1.29, 1.82) is 0 Å². The minimum atomic E-state index is -0.280. The van der Waals surface area contributed by atoms with Gasteiger partial charge in [-0.1, -0.05) is 26.8 Å². The smallest absolute Gasteiger partial charge is 0.254 e. The van der Waals surface area contributed by atoms with Gasteiger partial charge in [0.05, 0.1) is 0 Å². The topological polar surface area (TPSA) is 23.6 Å². The van der Waals surface area contributed by atoms with Gasteiger partial charge in [0, 0.05) is 30.7 Å². The first-order valence-corrected chi connectivity index (χ1v) is 8.08. The lowest BCUT2D eigenvalue weighted by Gasteiger charge is -2.50. The van der Waals surface area contributed by atoms with Crippen molar-refractivity contribution < 1.29 is 9.18 Å². The molecular weight excluding hydrogens is 279 g/mol. The average molecular weight is 304 g/mol. The first kappa shape index (κ1) is 15.5. The van der Waals surface area contributed by atoms with E-state index >= 15 is 0 Å². The minimum Gasteiger partial charge on any atom is -0.333 e. The molecule has 3 nitrogen and oxygen atoms in total. The van der Waals surface area contributed by atoms with Gasteiger partial charge in [0.25, 0.3) is 5.91 Å². The molecule has 0 radical (unpaired) electrons. The summed E-state index contributed by atoms with van der Waals surface area (Å²) < 4.78 is 14.3. The Morgan fingerprint density at radius 3 is 2.36 bits per heavy atom. The molecule has 2 atom stereocenters. The van der Waals surface area contributed by atoms with Crippen LogP contribution < -0.4 is 0 Å². The molecule has 0 saturated carbocycles. The van der Waals surface area contributed by atoms with Gasteiger partial charge in [0.15, 0.2) is 0 Å². The minimum absolute atomic E-state index is 0.0258. The van der Waals surface area contributed by atoms with Crippen molar-refractivity contribution in [3.63, 3.8) is 0 Å². The molecule has 3 fully saturated rings. The normalized spacial score (nSPS) is 25.6. The fourth-order valence-electron chi connectivity index (χ4n) is 3.71. The summed E-state index contributed by atoms with van der Waals surface area (Å²) in [5.74, 6) is -0.306. The molecule has 3 saturated heterocycles. The number of hydrogen-bond donors (Lipinski definition) is 0. The highest BCUT2D eigenvalue weighted by Gasteiger charge is 2.39. The van der Waals surface area contributed by atoms with Crippen LogP contribution in [-0.4, -0.2) is 47.9 Å². The van der Waals surface area contributed by atoms with Crippen molar-refractivity contribution in [3.05, 3.63) is 35.1 Å². The number of hydrogen-bond acceptors (Lipinski definition) is 2. The lowest BCUT2D eigenvalue weighted by Crippen LogP contribution is -2.62. The number of halogens is 1. The molecule has 3 aliphatic rings. The predicted octanol–water partition coefficient (Wildman–Crippen LogP) is 3.04. The van der Waals surface area contributed by atoms with E-state index in [9.17, 15) is 9.18 Å². The quantitative estimate of drug-likeness (QED) is 0.796. The highest BCUT2D eigenvalue weighted by atomic mass is 19.1. The number of carbonyl (C=O) groups is 1. The van der Waals surface area contributed by atoms with Crippen molar-refractivity contribution in [1.82, 2.24) is 9.80 Å². The lowest BCUT2D eigenvalue weighted by atomic mass is 9.86. The number of rotatable bonds is 1. The number of fused-ring (bicyclic) bond motifs is 3. The molecule has 4 rings (SSSR count). The van der Waals surface area contributed by atoms with E-state index in [0.717, 1.165) is 25.9 Å². The van der Waals surface area contributed by atoms with E-state index in [1.54, 1.807) is 12.1 Å². The standard InChI is InChI=1S/C18H25FN2O/c1-18(2,3)15-8-5-12(9-16(15)19)17(22)21-11-13-6-7-14(21)10-20(13)4/h5,8-9,13-14H,6-7,10-11H2,1-4H3/t13-,14-/m1/s1. The van der Waals surface area contributed by atoms with Crippen LogP contribution in [0.1, 0.15) is 49.5 Å². The van der Waals surface area contributed by atoms with Gasteiger partial charge in [0.2, 0.25) is 0 Å². The molecule has 0 aliphatic carbocycles. The zero-order valence-corrected chi connectivity index (χ0v) is 13.9. The second kappa shape index (κ2) is 5.34. The van der Waals surface area contributed by atoms with Crippen LogP contribution >= 0.6 is 0 Å². The van der Waals surface area contributed by atoms with Crippen LogP contribution in [0.2, 0.25) is 0 Å². The Labute approximate surface area is 132 Å². The Morgan fingerprint density at radius 2 is 1.86 bits per heavy atom. The van der Waals surface area contributed by atoms with Gasteiger partial charge in [-0.2, -0.15) is 0 Å². The monoisotopic (exact) mass is 304 g/mol. The number of carbonyl (C=O) groups excluding carboxylic acids is 1. The van der Waals surface area contributed by atoms with Crippen molar-refractivity contribution in [2.75, 3.05) is 20.1 Å². The molecule has 2 bridgehead atoms. The van der Waals surface area contributed by atoms with Crippen LogP contribution in [-0.2, 0) is 5.41 Å². The number of nitrogens with zero attached hydrogens (tertiary/aromatic N) is 2. The Bertz CT molecular complexity index is 593. The van der Waals surface area contributed by atoms with E-state index in [1.807, 2.05) is 25.7 Å². The zero-order chi connectivity index (χ0) is 16.1. The number of likely N-dealkylation sites (N-methyl/N-ethyl adjacent to an activating group) is 1. The van der Waals surface area contributed by atoms with Gasteiger partial charge in [0.1, 0.15) is 5.82 Å². The summed E-state index contributed by atoms with van der Waals surface area (Å²) >= 11 is 0. The van der Waals surface area contributed by atoms with Crippen LogP contribution in [0.3, 0.4) is 0 Å². The summed E-state index contributed by atoms with van der Waals surface area (Å²) in [6, 6.07) is 5.67. The van der Waals surface area contributed by atoms with Gasteiger partial charge in [-0.15, -0.1) is 0 Å². The van der Waals surface area contributed by atoms with Crippen LogP contribution in [0.15, 0.2) is 18.2 Å². The summed E-state index contributed by atoms with van der Waals surface area (Å²) in [5.41, 5.74) is 0.878. The maximum Gasteiger partial charge on any atom is 0.254 e. The Hall–Kier alpha value is -1.42. The number of piperazine rings is 1. The maximum absolute atomic E-state index is 14.3. The van der Waals surface area contributed by atoms with Crippen molar-refractivity contribution in [2.24, 2.45) is 0 Å². The van der Waals surface area contributed by atoms with Gasteiger partial charge in [-0.25, -0.2) is 4.39 Å². The van der Waals surface area contributed by atoms with Crippen LogP contribution in [0.25, 0.3) is 0 Å². The van der Waals surface area contributed by atoms with E-state index in [0.29, 0.717) is 17.2 Å². The SMILES string of the molecule is CN1C[C@H]2CC[C@@H]1CN2C(=O)c1ccc(C(C)(C)C)c(F)c1. The second-order valence-corrected chi connectivity index (χ2v) is 7.73. The Balaban J connectivity index is 1.83. The third-order valence-electron chi connectivity index (χ3n) is 5.09. The number of amides is 1. The summed E-state index contributed by atoms with van der Waals surface area (Å²) in [4.78, 5) is 17.0. The highest BCUT2D eigenvalue weighted by molar-refractivity contribution is 5.94. The number of piperidine rings is 2. The Morgan fingerprint density at radius 1 is 1.18 bits per heavy atom. The largest absolute Gasteiger partial charge is 0.333 e. The predicted molar refractivity (Wildman–Crippen MR) is 85.6 cm³/mol.